The number of benzene rings is 1. The van der Waals surface area contributed by atoms with Crippen molar-refractivity contribution in [2.45, 2.75) is 30.0 Å². The Morgan fingerprint density at radius 2 is 1.90 bits per heavy atom. The van der Waals surface area contributed by atoms with Gasteiger partial charge in [-0.25, -0.2) is 8.42 Å². The van der Waals surface area contributed by atoms with Crippen molar-refractivity contribution in [3.63, 3.8) is 0 Å². The number of alkyl halides is 2. The minimum absolute atomic E-state index is 0.110. The third-order valence-corrected chi connectivity index (χ3v) is 5.13. The third kappa shape index (κ3) is 2.93. The number of sulfone groups is 1. The van der Waals surface area contributed by atoms with Gasteiger partial charge in [-0.05, 0) is 43.5 Å². The van der Waals surface area contributed by atoms with E-state index in [1.165, 1.54) is 12.1 Å². The van der Waals surface area contributed by atoms with E-state index in [9.17, 15) is 17.2 Å². The van der Waals surface area contributed by atoms with Gasteiger partial charge in [0.2, 0.25) is 9.84 Å². The van der Waals surface area contributed by atoms with Crippen LogP contribution in [0.25, 0.3) is 0 Å². The van der Waals surface area contributed by atoms with Crippen molar-refractivity contribution in [1.82, 2.24) is 0 Å². The van der Waals surface area contributed by atoms with Crippen molar-refractivity contribution in [2.75, 3.05) is 18.0 Å². The Hall–Kier alpha value is -1.21. The summed E-state index contributed by atoms with van der Waals surface area (Å²) in [6.45, 7) is 3.61. The highest BCUT2D eigenvalue weighted by Crippen LogP contribution is 2.27. The van der Waals surface area contributed by atoms with Crippen LogP contribution in [0, 0.1) is 5.92 Å². The van der Waals surface area contributed by atoms with Crippen LogP contribution in [-0.2, 0) is 9.84 Å². The minimum Gasteiger partial charge on any atom is -0.371 e. The van der Waals surface area contributed by atoms with E-state index < -0.39 is 15.6 Å². The molecule has 0 aromatic heterocycles. The van der Waals surface area contributed by atoms with Crippen molar-refractivity contribution in [3.05, 3.63) is 24.3 Å². The molecule has 0 aliphatic carbocycles. The summed E-state index contributed by atoms with van der Waals surface area (Å²) < 4.78 is 47.5. The number of hydrogen-bond donors (Lipinski definition) is 1. The topological polar surface area (TPSA) is 63.4 Å². The van der Waals surface area contributed by atoms with Crippen LogP contribution in [0.4, 0.5) is 14.5 Å². The first kappa shape index (κ1) is 15.2. The Labute approximate surface area is 117 Å². The van der Waals surface area contributed by atoms with E-state index in [2.05, 4.69) is 4.90 Å². The lowest BCUT2D eigenvalue weighted by Crippen LogP contribution is -2.29. The summed E-state index contributed by atoms with van der Waals surface area (Å²) in [5, 5.41) is 0. The van der Waals surface area contributed by atoms with Crippen LogP contribution in [0.1, 0.15) is 13.3 Å². The number of halogens is 2. The maximum absolute atomic E-state index is 12.4. The van der Waals surface area contributed by atoms with Gasteiger partial charge in [0.1, 0.15) is 0 Å². The molecule has 0 amide bonds. The number of hydrogen-bond acceptors (Lipinski definition) is 4. The summed E-state index contributed by atoms with van der Waals surface area (Å²) >= 11 is 0. The van der Waals surface area contributed by atoms with Crippen LogP contribution in [0.5, 0.6) is 0 Å². The molecule has 1 aromatic rings. The number of nitrogens with zero attached hydrogens (tertiary/aromatic N) is 1. The zero-order chi connectivity index (χ0) is 14.9. The number of rotatable bonds is 4. The first-order valence-corrected chi connectivity index (χ1v) is 7.99. The molecule has 1 saturated heterocycles. The van der Waals surface area contributed by atoms with E-state index in [1.54, 1.807) is 12.1 Å². The molecule has 1 aliphatic rings. The fourth-order valence-corrected chi connectivity index (χ4v) is 3.12. The fourth-order valence-electron chi connectivity index (χ4n) is 2.40. The molecule has 2 rings (SSSR count). The summed E-state index contributed by atoms with van der Waals surface area (Å²) in [6, 6.07) is 5.71. The standard InChI is InChI=1S/C13H18F2N2O2S/c1-9(16)10-6-7-17(8-10)11-2-4-12(5-3-11)20(18,19)13(14)15/h2-5,9-10,13H,6-8,16H2,1H3. The van der Waals surface area contributed by atoms with E-state index in [1.807, 2.05) is 6.92 Å². The molecule has 0 radical (unpaired) electrons. The van der Waals surface area contributed by atoms with Gasteiger partial charge in [-0.2, -0.15) is 8.78 Å². The van der Waals surface area contributed by atoms with E-state index in [0.717, 1.165) is 25.2 Å². The molecule has 2 atom stereocenters. The predicted molar refractivity (Wildman–Crippen MR) is 73.6 cm³/mol. The second-order valence-electron chi connectivity index (χ2n) is 5.15. The molecule has 0 saturated carbocycles. The van der Waals surface area contributed by atoms with Gasteiger partial charge in [0.25, 0.3) is 0 Å². The second kappa shape index (κ2) is 5.65. The van der Waals surface area contributed by atoms with Gasteiger partial charge in [-0.3, -0.25) is 0 Å². The Balaban J connectivity index is 2.14. The van der Waals surface area contributed by atoms with Gasteiger partial charge in [0, 0.05) is 24.8 Å². The first-order valence-electron chi connectivity index (χ1n) is 6.45. The highest BCUT2D eigenvalue weighted by molar-refractivity contribution is 7.91. The zero-order valence-corrected chi connectivity index (χ0v) is 12.0. The molecule has 0 bridgehead atoms. The van der Waals surface area contributed by atoms with Crippen LogP contribution in [-0.4, -0.2) is 33.3 Å². The average molecular weight is 304 g/mol. The minimum atomic E-state index is -4.51. The second-order valence-corrected chi connectivity index (χ2v) is 7.07. The monoisotopic (exact) mass is 304 g/mol. The SMILES string of the molecule is CC(N)C1CCN(c2ccc(S(=O)(=O)C(F)F)cc2)C1. The molecule has 1 fully saturated rings. The summed E-state index contributed by atoms with van der Waals surface area (Å²) in [4.78, 5) is 1.74. The predicted octanol–water partition coefficient (Wildman–Crippen LogP) is 1.86. The first-order chi connectivity index (χ1) is 9.32. The highest BCUT2D eigenvalue weighted by atomic mass is 32.2. The largest absolute Gasteiger partial charge is 0.371 e. The third-order valence-electron chi connectivity index (χ3n) is 3.73. The van der Waals surface area contributed by atoms with Crippen LogP contribution < -0.4 is 10.6 Å². The summed E-state index contributed by atoms with van der Waals surface area (Å²) in [7, 11) is -4.51. The number of anilines is 1. The van der Waals surface area contributed by atoms with Crippen molar-refractivity contribution in [1.29, 1.82) is 0 Å². The molecular formula is C13H18F2N2O2S. The maximum atomic E-state index is 12.4. The summed E-state index contributed by atoms with van der Waals surface area (Å²) in [5.74, 6) is -2.98. The van der Waals surface area contributed by atoms with Crippen LogP contribution in [0.2, 0.25) is 0 Å². The summed E-state index contributed by atoms with van der Waals surface area (Å²) in [5.41, 5.74) is 6.70. The lowest BCUT2D eigenvalue weighted by Gasteiger charge is -2.20. The zero-order valence-electron chi connectivity index (χ0n) is 11.2. The van der Waals surface area contributed by atoms with Gasteiger partial charge >= 0.3 is 5.76 Å². The van der Waals surface area contributed by atoms with Crippen molar-refractivity contribution in [2.24, 2.45) is 11.7 Å². The van der Waals surface area contributed by atoms with Crippen LogP contribution in [0.15, 0.2) is 29.2 Å². The molecule has 0 spiro atoms. The van der Waals surface area contributed by atoms with Crippen molar-refractivity contribution >= 4 is 15.5 Å². The van der Waals surface area contributed by atoms with Crippen molar-refractivity contribution < 1.29 is 17.2 Å². The smallest absolute Gasteiger partial charge is 0.341 e. The van der Waals surface area contributed by atoms with E-state index in [0.29, 0.717) is 5.92 Å². The lowest BCUT2D eigenvalue weighted by atomic mass is 10.0. The molecule has 7 heteroatoms. The Morgan fingerprint density at radius 1 is 1.30 bits per heavy atom. The van der Waals surface area contributed by atoms with Crippen LogP contribution in [0.3, 0.4) is 0 Å². The van der Waals surface area contributed by atoms with Gasteiger partial charge in [0.05, 0.1) is 4.90 Å². The summed E-state index contributed by atoms with van der Waals surface area (Å²) in [6.07, 6.45) is 0.981. The van der Waals surface area contributed by atoms with Gasteiger partial charge < -0.3 is 10.6 Å². The molecule has 20 heavy (non-hydrogen) atoms. The molecular weight excluding hydrogens is 286 g/mol. The molecule has 1 heterocycles. The van der Waals surface area contributed by atoms with Gasteiger partial charge in [0.15, 0.2) is 0 Å². The average Bonchev–Trinajstić information content (AvgIpc) is 2.88. The Kier molecular flexibility index (Phi) is 4.29. The quantitative estimate of drug-likeness (QED) is 0.922. The van der Waals surface area contributed by atoms with Crippen molar-refractivity contribution in [3.8, 4) is 0 Å². The molecule has 112 valence electrons. The maximum Gasteiger partial charge on any atom is 0.341 e. The molecule has 1 aliphatic heterocycles. The number of nitrogens with two attached hydrogens (primary N) is 1. The van der Waals surface area contributed by atoms with Gasteiger partial charge in [-0.15, -0.1) is 0 Å². The van der Waals surface area contributed by atoms with E-state index in [-0.39, 0.29) is 10.9 Å². The normalized spacial score (nSPS) is 21.4. The Morgan fingerprint density at radius 3 is 2.35 bits per heavy atom. The van der Waals surface area contributed by atoms with E-state index in [4.69, 9.17) is 5.73 Å². The van der Waals surface area contributed by atoms with E-state index >= 15 is 0 Å². The highest BCUT2D eigenvalue weighted by Gasteiger charge is 2.28. The van der Waals surface area contributed by atoms with Gasteiger partial charge in [-0.1, -0.05) is 0 Å². The Bertz CT molecular complexity index is 558. The lowest BCUT2D eigenvalue weighted by molar-refractivity contribution is 0.234. The molecule has 1 aromatic carbocycles. The molecule has 4 nitrogen and oxygen atoms in total. The van der Waals surface area contributed by atoms with Crippen LogP contribution >= 0.6 is 0 Å². The molecule has 2 N–H and O–H groups in total. The molecule has 2 unspecified atom stereocenters. The fraction of sp³-hybridized carbons (Fsp3) is 0.538.